The maximum atomic E-state index is 11.8. The highest BCUT2D eigenvalue weighted by Gasteiger charge is 2.14. The Bertz CT molecular complexity index is 442. The first kappa shape index (κ1) is 14.2. The zero-order valence-electron chi connectivity index (χ0n) is 11.3. The second-order valence-electron chi connectivity index (χ2n) is 5.30. The third kappa shape index (κ3) is 4.43. The molecule has 1 aliphatic carbocycles. The molecule has 104 valence electrons. The molecule has 2 amide bonds. The van der Waals surface area contributed by atoms with Crippen molar-refractivity contribution in [1.29, 1.82) is 0 Å². The summed E-state index contributed by atoms with van der Waals surface area (Å²) in [7, 11) is 0. The molecule has 0 aromatic heterocycles. The Morgan fingerprint density at radius 1 is 1.32 bits per heavy atom. The van der Waals surface area contributed by atoms with Crippen LogP contribution in [-0.4, -0.2) is 12.6 Å². The molecule has 0 unspecified atom stereocenters. The largest absolute Gasteiger partial charge is 0.338 e. The number of aryl methyl sites for hydroxylation is 1. The molecule has 0 spiro atoms. The van der Waals surface area contributed by atoms with E-state index in [0.717, 1.165) is 17.8 Å². The van der Waals surface area contributed by atoms with Crippen LogP contribution in [-0.2, 0) is 0 Å². The molecule has 1 aliphatic rings. The highest BCUT2D eigenvalue weighted by molar-refractivity contribution is 6.31. The van der Waals surface area contributed by atoms with Crippen molar-refractivity contribution >= 4 is 23.3 Å². The van der Waals surface area contributed by atoms with Gasteiger partial charge in [-0.25, -0.2) is 4.79 Å². The fourth-order valence-electron chi connectivity index (χ4n) is 2.47. The fourth-order valence-corrected chi connectivity index (χ4v) is 2.65. The van der Waals surface area contributed by atoms with E-state index in [-0.39, 0.29) is 6.03 Å². The van der Waals surface area contributed by atoms with Crippen LogP contribution in [0.4, 0.5) is 10.5 Å². The van der Waals surface area contributed by atoms with Gasteiger partial charge >= 0.3 is 6.03 Å². The minimum atomic E-state index is -0.148. The predicted octanol–water partition coefficient (Wildman–Crippen LogP) is 4.35. The van der Waals surface area contributed by atoms with Crippen LogP contribution in [0.1, 0.15) is 37.7 Å². The lowest BCUT2D eigenvalue weighted by atomic mass is 9.89. The fraction of sp³-hybridized carbons (Fsp3) is 0.533. The zero-order valence-corrected chi connectivity index (χ0v) is 12.1. The number of hydrogen-bond donors (Lipinski definition) is 2. The summed E-state index contributed by atoms with van der Waals surface area (Å²) in [5.74, 6) is 0.640. The quantitative estimate of drug-likeness (QED) is 0.849. The Hall–Kier alpha value is -1.22. The Labute approximate surface area is 119 Å². The average molecular weight is 281 g/mol. The van der Waals surface area contributed by atoms with Gasteiger partial charge in [-0.2, -0.15) is 0 Å². The first-order valence-corrected chi connectivity index (χ1v) is 7.34. The zero-order chi connectivity index (χ0) is 13.7. The van der Waals surface area contributed by atoms with Crippen molar-refractivity contribution in [1.82, 2.24) is 5.32 Å². The van der Waals surface area contributed by atoms with E-state index in [1.807, 2.05) is 19.1 Å². The van der Waals surface area contributed by atoms with Crippen LogP contribution in [0.25, 0.3) is 0 Å². The molecule has 19 heavy (non-hydrogen) atoms. The van der Waals surface area contributed by atoms with Gasteiger partial charge in [0.25, 0.3) is 0 Å². The van der Waals surface area contributed by atoms with Gasteiger partial charge in [0.1, 0.15) is 0 Å². The van der Waals surface area contributed by atoms with Gasteiger partial charge in [-0.15, -0.1) is 0 Å². The van der Waals surface area contributed by atoms with E-state index in [4.69, 9.17) is 11.6 Å². The SMILES string of the molecule is Cc1ccc(NC(=O)NCC2CCCCC2)cc1Cl. The number of amides is 2. The molecule has 4 heteroatoms. The molecule has 0 saturated heterocycles. The van der Waals surface area contributed by atoms with Gasteiger partial charge in [-0.1, -0.05) is 36.9 Å². The van der Waals surface area contributed by atoms with Crippen molar-refractivity contribution < 1.29 is 4.79 Å². The van der Waals surface area contributed by atoms with E-state index in [1.54, 1.807) is 6.07 Å². The van der Waals surface area contributed by atoms with Gasteiger partial charge in [-0.05, 0) is 43.4 Å². The second-order valence-corrected chi connectivity index (χ2v) is 5.71. The minimum absolute atomic E-state index is 0.148. The van der Waals surface area contributed by atoms with Crippen molar-refractivity contribution in [2.24, 2.45) is 5.92 Å². The van der Waals surface area contributed by atoms with E-state index >= 15 is 0 Å². The van der Waals surface area contributed by atoms with Gasteiger partial charge in [-0.3, -0.25) is 0 Å². The van der Waals surface area contributed by atoms with Crippen LogP contribution in [0.2, 0.25) is 5.02 Å². The number of benzene rings is 1. The van der Waals surface area contributed by atoms with Crippen molar-refractivity contribution in [2.75, 3.05) is 11.9 Å². The number of hydrogen-bond acceptors (Lipinski definition) is 1. The van der Waals surface area contributed by atoms with E-state index in [1.165, 1.54) is 32.1 Å². The number of nitrogens with one attached hydrogen (secondary N) is 2. The van der Waals surface area contributed by atoms with Gasteiger partial charge < -0.3 is 10.6 Å². The summed E-state index contributed by atoms with van der Waals surface area (Å²) in [4.78, 5) is 11.8. The summed E-state index contributed by atoms with van der Waals surface area (Å²) in [6.45, 7) is 2.71. The Kier molecular flexibility index (Phi) is 5.08. The third-order valence-electron chi connectivity index (χ3n) is 3.71. The molecule has 1 fully saturated rings. The maximum Gasteiger partial charge on any atom is 0.319 e. The molecular weight excluding hydrogens is 260 g/mol. The first-order chi connectivity index (χ1) is 9.15. The highest BCUT2D eigenvalue weighted by atomic mass is 35.5. The summed E-state index contributed by atoms with van der Waals surface area (Å²) in [5, 5.41) is 6.43. The molecule has 0 aliphatic heterocycles. The summed E-state index contributed by atoms with van der Waals surface area (Å²) >= 11 is 6.02. The standard InChI is InChI=1S/C15H21ClN2O/c1-11-7-8-13(9-14(11)16)18-15(19)17-10-12-5-3-2-4-6-12/h7-9,12H,2-6,10H2,1H3,(H2,17,18,19). The lowest BCUT2D eigenvalue weighted by molar-refractivity contribution is 0.247. The molecule has 2 N–H and O–H groups in total. The van der Waals surface area contributed by atoms with E-state index in [9.17, 15) is 4.79 Å². The van der Waals surface area contributed by atoms with Crippen molar-refractivity contribution in [3.8, 4) is 0 Å². The van der Waals surface area contributed by atoms with Gasteiger partial charge in [0, 0.05) is 17.3 Å². The van der Waals surface area contributed by atoms with Crippen molar-refractivity contribution in [2.45, 2.75) is 39.0 Å². The summed E-state index contributed by atoms with van der Waals surface area (Å²) in [6, 6.07) is 5.39. The van der Waals surface area contributed by atoms with Gasteiger partial charge in [0.2, 0.25) is 0 Å². The molecule has 0 heterocycles. The van der Waals surface area contributed by atoms with Crippen LogP contribution in [0.5, 0.6) is 0 Å². The maximum absolute atomic E-state index is 11.8. The molecule has 1 aromatic carbocycles. The van der Waals surface area contributed by atoms with Crippen molar-refractivity contribution in [3.05, 3.63) is 28.8 Å². The Morgan fingerprint density at radius 3 is 2.74 bits per heavy atom. The molecule has 3 nitrogen and oxygen atoms in total. The number of halogens is 1. The molecule has 1 saturated carbocycles. The van der Waals surface area contributed by atoms with Gasteiger partial charge in [0.05, 0.1) is 0 Å². The Morgan fingerprint density at radius 2 is 2.05 bits per heavy atom. The van der Waals surface area contributed by atoms with E-state index < -0.39 is 0 Å². The molecule has 0 bridgehead atoms. The summed E-state index contributed by atoms with van der Waals surface area (Å²) in [6.07, 6.45) is 6.39. The number of rotatable bonds is 3. The van der Waals surface area contributed by atoms with E-state index in [2.05, 4.69) is 10.6 Å². The lowest BCUT2D eigenvalue weighted by Gasteiger charge is -2.21. The van der Waals surface area contributed by atoms with Crippen LogP contribution in [0.15, 0.2) is 18.2 Å². The van der Waals surface area contributed by atoms with Crippen LogP contribution >= 0.6 is 11.6 Å². The minimum Gasteiger partial charge on any atom is -0.338 e. The average Bonchev–Trinajstić information content (AvgIpc) is 2.42. The smallest absolute Gasteiger partial charge is 0.319 e. The van der Waals surface area contributed by atoms with Crippen LogP contribution < -0.4 is 10.6 Å². The van der Waals surface area contributed by atoms with E-state index in [0.29, 0.717) is 10.9 Å². The van der Waals surface area contributed by atoms with Crippen LogP contribution in [0, 0.1) is 12.8 Å². The topological polar surface area (TPSA) is 41.1 Å². The monoisotopic (exact) mass is 280 g/mol. The number of urea groups is 1. The Balaban J connectivity index is 1.78. The van der Waals surface area contributed by atoms with Crippen molar-refractivity contribution in [3.63, 3.8) is 0 Å². The number of carbonyl (C=O) groups excluding carboxylic acids is 1. The second kappa shape index (κ2) is 6.80. The lowest BCUT2D eigenvalue weighted by Crippen LogP contribution is -2.33. The highest BCUT2D eigenvalue weighted by Crippen LogP contribution is 2.23. The first-order valence-electron chi connectivity index (χ1n) is 6.96. The number of anilines is 1. The summed E-state index contributed by atoms with van der Waals surface area (Å²) < 4.78 is 0. The summed E-state index contributed by atoms with van der Waals surface area (Å²) in [5.41, 5.74) is 1.74. The van der Waals surface area contributed by atoms with Gasteiger partial charge in [0.15, 0.2) is 0 Å². The molecule has 2 rings (SSSR count). The predicted molar refractivity (Wildman–Crippen MR) is 79.8 cm³/mol. The molecule has 1 aromatic rings. The molecule has 0 radical (unpaired) electrons. The van der Waals surface area contributed by atoms with Crippen LogP contribution in [0.3, 0.4) is 0 Å². The molecular formula is C15H21ClN2O. The third-order valence-corrected chi connectivity index (χ3v) is 4.11. The number of carbonyl (C=O) groups is 1. The molecule has 0 atom stereocenters. The normalized spacial score (nSPS) is 16.1.